The van der Waals surface area contributed by atoms with Crippen LogP contribution in [0.15, 0.2) is 54.3 Å². The molecule has 0 atom stereocenters. The molecule has 0 aromatic heterocycles. The fourth-order valence-corrected chi connectivity index (χ4v) is 2.96. The van der Waals surface area contributed by atoms with Gasteiger partial charge in [0.1, 0.15) is 12.4 Å². The highest BCUT2D eigenvalue weighted by molar-refractivity contribution is 5.75. The molecule has 18 heavy (non-hydrogen) atoms. The summed E-state index contributed by atoms with van der Waals surface area (Å²) >= 11 is 0. The Labute approximate surface area is 107 Å². The maximum Gasteiger partial charge on any atom is 0.113 e. The van der Waals surface area contributed by atoms with Crippen molar-refractivity contribution in [2.45, 2.75) is 19.4 Å². The van der Waals surface area contributed by atoms with Gasteiger partial charge in [-0.15, -0.1) is 0 Å². The molecule has 0 fully saturated rings. The quantitative estimate of drug-likeness (QED) is 0.675. The summed E-state index contributed by atoms with van der Waals surface area (Å²) in [7, 11) is 0. The summed E-state index contributed by atoms with van der Waals surface area (Å²) in [6.07, 6.45) is 1.95. The SMILES string of the molecule is c1ccc2c(c1)CC1=C(C2)c2ccccc2CO1. The van der Waals surface area contributed by atoms with Crippen molar-refractivity contribution in [1.82, 2.24) is 0 Å². The van der Waals surface area contributed by atoms with E-state index in [2.05, 4.69) is 48.5 Å². The zero-order valence-corrected chi connectivity index (χ0v) is 10.1. The Hall–Kier alpha value is -2.02. The molecule has 0 saturated carbocycles. The largest absolute Gasteiger partial charge is 0.493 e. The fourth-order valence-electron chi connectivity index (χ4n) is 2.96. The molecule has 1 aliphatic heterocycles. The smallest absolute Gasteiger partial charge is 0.113 e. The van der Waals surface area contributed by atoms with Crippen LogP contribution in [0.4, 0.5) is 0 Å². The molecule has 0 bridgehead atoms. The predicted octanol–water partition coefficient (Wildman–Crippen LogP) is 3.73. The third-order valence-corrected chi connectivity index (χ3v) is 3.92. The molecule has 88 valence electrons. The Kier molecular flexibility index (Phi) is 2.07. The molecule has 2 aromatic rings. The van der Waals surface area contributed by atoms with Crippen LogP contribution in [0.2, 0.25) is 0 Å². The minimum Gasteiger partial charge on any atom is -0.493 e. The van der Waals surface area contributed by atoms with Crippen molar-refractivity contribution in [2.75, 3.05) is 0 Å². The summed E-state index contributed by atoms with van der Waals surface area (Å²) in [6.45, 7) is 0.719. The maximum atomic E-state index is 5.94. The van der Waals surface area contributed by atoms with Crippen molar-refractivity contribution in [3.63, 3.8) is 0 Å². The van der Waals surface area contributed by atoms with Gasteiger partial charge in [0.15, 0.2) is 0 Å². The number of hydrogen-bond acceptors (Lipinski definition) is 1. The molecule has 0 saturated heterocycles. The minimum absolute atomic E-state index is 0.719. The van der Waals surface area contributed by atoms with Gasteiger partial charge in [0, 0.05) is 18.4 Å². The van der Waals surface area contributed by atoms with E-state index in [4.69, 9.17) is 4.74 Å². The first-order valence-corrected chi connectivity index (χ1v) is 6.42. The lowest BCUT2D eigenvalue weighted by Gasteiger charge is -2.28. The summed E-state index contributed by atoms with van der Waals surface area (Å²) in [6, 6.07) is 17.3. The number of allylic oxidation sites excluding steroid dienone is 2. The first-order valence-electron chi connectivity index (χ1n) is 6.42. The summed E-state index contributed by atoms with van der Waals surface area (Å²) in [5.41, 5.74) is 6.94. The van der Waals surface area contributed by atoms with Crippen LogP contribution in [0.5, 0.6) is 0 Å². The molecule has 1 heteroatoms. The lowest BCUT2D eigenvalue weighted by molar-refractivity contribution is 0.187. The van der Waals surface area contributed by atoms with Crippen LogP contribution >= 0.6 is 0 Å². The van der Waals surface area contributed by atoms with E-state index in [0.717, 1.165) is 19.4 Å². The Bertz CT molecular complexity index is 652. The first-order chi connectivity index (χ1) is 8.92. The summed E-state index contributed by atoms with van der Waals surface area (Å²) in [5, 5.41) is 0. The second-order valence-electron chi connectivity index (χ2n) is 4.97. The number of hydrogen-bond donors (Lipinski definition) is 0. The van der Waals surface area contributed by atoms with Crippen LogP contribution in [-0.2, 0) is 24.2 Å². The van der Waals surface area contributed by atoms with Gasteiger partial charge in [0.25, 0.3) is 0 Å². The Morgan fingerprint density at radius 2 is 1.39 bits per heavy atom. The van der Waals surface area contributed by atoms with Gasteiger partial charge in [-0.05, 0) is 22.3 Å². The van der Waals surface area contributed by atoms with E-state index in [1.165, 1.54) is 33.6 Å². The first kappa shape index (κ1) is 9.95. The molecule has 1 aliphatic carbocycles. The fraction of sp³-hybridized carbons (Fsp3) is 0.176. The highest BCUT2D eigenvalue weighted by atomic mass is 16.5. The molecule has 2 aliphatic rings. The summed E-state index contributed by atoms with van der Waals surface area (Å²) < 4.78 is 5.94. The van der Waals surface area contributed by atoms with Gasteiger partial charge < -0.3 is 4.74 Å². The number of rotatable bonds is 0. The van der Waals surface area contributed by atoms with Gasteiger partial charge in [0.05, 0.1) is 0 Å². The van der Waals surface area contributed by atoms with E-state index in [1.54, 1.807) is 0 Å². The van der Waals surface area contributed by atoms with Gasteiger partial charge in [-0.2, -0.15) is 0 Å². The Morgan fingerprint density at radius 1 is 0.722 bits per heavy atom. The lowest BCUT2D eigenvalue weighted by Crippen LogP contribution is -2.15. The van der Waals surface area contributed by atoms with E-state index >= 15 is 0 Å². The third-order valence-electron chi connectivity index (χ3n) is 3.92. The average Bonchev–Trinajstić information content (AvgIpc) is 2.45. The standard InChI is InChI=1S/C17H14O/c1-2-6-13-10-17-16(9-12(13)5-1)15-8-4-3-7-14(15)11-18-17/h1-8H,9-11H2. The van der Waals surface area contributed by atoms with Gasteiger partial charge >= 0.3 is 0 Å². The van der Waals surface area contributed by atoms with E-state index in [-0.39, 0.29) is 0 Å². The molecule has 0 N–H and O–H groups in total. The number of fused-ring (bicyclic) bond motifs is 3. The van der Waals surface area contributed by atoms with Crippen LogP contribution in [0.3, 0.4) is 0 Å². The zero-order valence-electron chi connectivity index (χ0n) is 10.1. The molecular weight excluding hydrogens is 220 g/mol. The van der Waals surface area contributed by atoms with Crippen molar-refractivity contribution >= 4 is 5.57 Å². The van der Waals surface area contributed by atoms with Gasteiger partial charge in [-0.1, -0.05) is 48.5 Å². The molecule has 1 heterocycles. The Balaban J connectivity index is 1.86. The molecule has 0 spiro atoms. The van der Waals surface area contributed by atoms with E-state index in [9.17, 15) is 0 Å². The topological polar surface area (TPSA) is 9.23 Å². The number of benzene rings is 2. The molecule has 0 amide bonds. The minimum atomic E-state index is 0.719. The monoisotopic (exact) mass is 234 g/mol. The highest BCUT2D eigenvalue weighted by Gasteiger charge is 2.24. The van der Waals surface area contributed by atoms with Crippen molar-refractivity contribution < 1.29 is 4.74 Å². The van der Waals surface area contributed by atoms with Crippen LogP contribution in [0.25, 0.3) is 5.57 Å². The molecule has 4 rings (SSSR count). The van der Waals surface area contributed by atoms with E-state index in [0.29, 0.717) is 0 Å². The van der Waals surface area contributed by atoms with Crippen LogP contribution in [0, 0.1) is 0 Å². The van der Waals surface area contributed by atoms with E-state index in [1.807, 2.05) is 0 Å². The van der Waals surface area contributed by atoms with Crippen molar-refractivity contribution in [3.05, 3.63) is 76.5 Å². The summed E-state index contributed by atoms with van der Waals surface area (Å²) in [4.78, 5) is 0. The molecule has 1 nitrogen and oxygen atoms in total. The second-order valence-corrected chi connectivity index (χ2v) is 4.97. The van der Waals surface area contributed by atoms with E-state index < -0.39 is 0 Å². The summed E-state index contributed by atoms with van der Waals surface area (Å²) in [5.74, 6) is 1.17. The second kappa shape index (κ2) is 3.74. The van der Waals surface area contributed by atoms with Gasteiger partial charge in [-0.3, -0.25) is 0 Å². The van der Waals surface area contributed by atoms with Crippen LogP contribution in [0.1, 0.15) is 22.3 Å². The molecule has 0 radical (unpaired) electrons. The lowest BCUT2D eigenvalue weighted by atomic mass is 9.84. The molecule has 2 aromatic carbocycles. The maximum absolute atomic E-state index is 5.94. The Morgan fingerprint density at radius 3 is 2.22 bits per heavy atom. The van der Waals surface area contributed by atoms with Crippen molar-refractivity contribution in [2.24, 2.45) is 0 Å². The predicted molar refractivity (Wildman–Crippen MR) is 72.0 cm³/mol. The average molecular weight is 234 g/mol. The van der Waals surface area contributed by atoms with Gasteiger partial charge in [0.2, 0.25) is 0 Å². The highest BCUT2D eigenvalue weighted by Crippen LogP contribution is 2.37. The normalized spacial score (nSPS) is 16.4. The third kappa shape index (κ3) is 1.40. The van der Waals surface area contributed by atoms with Gasteiger partial charge in [-0.25, -0.2) is 0 Å². The van der Waals surface area contributed by atoms with Crippen molar-refractivity contribution in [1.29, 1.82) is 0 Å². The van der Waals surface area contributed by atoms with Crippen molar-refractivity contribution in [3.8, 4) is 0 Å². The molecule has 0 unspecified atom stereocenters. The zero-order chi connectivity index (χ0) is 11.9. The van der Waals surface area contributed by atoms with Crippen LogP contribution in [-0.4, -0.2) is 0 Å². The number of ether oxygens (including phenoxy) is 1. The van der Waals surface area contributed by atoms with Crippen LogP contribution < -0.4 is 0 Å². The molecular formula is C17H14O.